The van der Waals surface area contributed by atoms with Crippen LogP contribution in [0, 0.1) is 5.82 Å². The molecule has 0 spiro atoms. The predicted octanol–water partition coefficient (Wildman–Crippen LogP) is 4.60. The highest BCUT2D eigenvalue weighted by molar-refractivity contribution is 6.02. The van der Waals surface area contributed by atoms with Gasteiger partial charge in [0.15, 0.2) is 0 Å². The van der Waals surface area contributed by atoms with Crippen LogP contribution in [0.1, 0.15) is 67.7 Å². The van der Waals surface area contributed by atoms with Gasteiger partial charge in [0.25, 0.3) is 5.91 Å². The quantitative estimate of drug-likeness (QED) is 0.319. The molecule has 41 heavy (non-hydrogen) atoms. The molecule has 1 aliphatic rings. The Morgan fingerprint density at radius 2 is 1.88 bits per heavy atom. The number of nitrogens with zero attached hydrogens (tertiary/aromatic N) is 5. The Balaban J connectivity index is 1.61. The van der Waals surface area contributed by atoms with Crippen molar-refractivity contribution in [2.75, 3.05) is 37.3 Å². The molecule has 13 heteroatoms. The minimum Gasteiger partial charge on any atom is -0.383 e. The number of imidazole rings is 1. The first kappa shape index (κ1) is 30.2. The minimum absolute atomic E-state index is 0.00403. The molecule has 1 fully saturated rings. The average molecular weight is 577 g/mol. The van der Waals surface area contributed by atoms with Crippen LogP contribution in [0.2, 0.25) is 0 Å². The van der Waals surface area contributed by atoms with Gasteiger partial charge in [-0.05, 0) is 51.3 Å². The van der Waals surface area contributed by atoms with Gasteiger partial charge in [0.05, 0.1) is 11.3 Å². The Morgan fingerprint density at radius 1 is 1.17 bits per heavy atom. The van der Waals surface area contributed by atoms with Gasteiger partial charge in [-0.3, -0.25) is 4.79 Å². The number of hydrogen-bond acceptors (Lipinski definition) is 7. The lowest BCUT2D eigenvalue weighted by atomic mass is 9.95. The summed E-state index contributed by atoms with van der Waals surface area (Å²) in [5.41, 5.74) is 5.37. The van der Waals surface area contributed by atoms with E-state index in [1.54, 1.807) is 6.20 Å². The van der Waals surface area contributed by atoms with Gasteiger partial charge in [-0.2, -0.15) is 13.2 Å². The SMILES string of the molecule is CCC(C)(C)NCCn1cc(-c2ccc(F)c(C(F)(F)F)c2)nc1C1CCN(c2ncnc(N)c2C(=O)NC)CC1. The van der Waals surface area contributed by atoms with Gasteiger partial charge >= 0.3 is 6.18 Å². The summed E-state index contributed by atoms with van der Waals surface area (Å²) in [6, 6.07) is 2.96. The molecule has 0 radical (unpaired) electrons. The molecule has 222 valence electrons. The van der Waals surface area contributed by atoms with Crippen LogP contribution in [0.3, 0.4) is 0 Å². The van der Waals surface area contributed by atoms with Crippen molar-refractivity contribution in [3.8, 4) is 11.3 Å². The zero-order chi connectivity index (χ0) is 29.9. The molecule has 9 nitrogen and oxygen atoms in total. The molecule has 4 rings (SSSR count). The molecular formula is C28H36F4N8O. The second kappa shape index (κ2) is 12.0. The third-order valence-electron chi connectivity index (χ3n) is 7.69. The lowest BCUT2D eigenvalue weighted by Gasteiger charge is -2.33. The number of nitrogen functional groups attached to an aromatic ring is 1. The van der Waals surface area contributed by atoms with Crippen molar-refractivity contribution < 1.29 is 22.4 Å². The molecule has 0 saturated carbocycles. The summed E-state index contributed by atoms with van der Waals surface area (Å²) in [4.78, 5) is 27.5. The number of nitrogens with two attached hydrogens (primary N) is 1. The maximum Gasteiger partial charge on any atom is 0.419 e. The number of aromatic nitrogens is 4. The van der Waals surface area contributed by atoms with Crippen molar-refractivity contribution >= 4 is 17.5 Å². The second-order valence-corrected chi connectivity index (χ2v) is 10.8. The molecule has 4 N–H and O–H groups in total. The van der Waals surface area contributed by atoms with Gasteiger partial charge in [0, 0.05) is 56.4 Å². The fraction of sp³-hybridized carbons (Fsp3) is 0.500. The smallest absolute Gasteiger partial charge is 0.383 e. The van der Waals surface area contributed by atoms with E-state index in [9.17, 15) is 22.4 Å². The number of rotatable bonds is 9. The first-order valence-electron chi connectivity index (χ1n) is 13.6. The average Bonchev–Trinajstić information content (AvgIpc) is 3.36. The minimum atomic E-state index is -4.81. The molecule has 3 aromatic rings. The summed E-state index contributed by atoms with van der Waals surface area (Å²) in [7, 11) is 1.51. The van der Waals surface area contributed by atoms with Crippen LogP contribution in [0.15, 0.2) is 30.7 Å². The van der Waals surface area contributed by atoms with Crippen LogP contribution < -0.4 is 21.3 Å². The van der Waals surface area contributed by atoms with Crippen molar-refractivity contribution in [3.63, 3.8) is 0 Å². The zero-order valence-corrected chi connectivity index (χ0v) is 23.6. The summed E-state index contributed by atoms with van der Waals surface area (Å²) in [6.07, 6.45) is 0.507. The number of alkyl halides is 3. The van der Waals surface area contributed by atoms with Gasteiger partial charge < -0.3 is 25.8 Å². The van der Waals surface area contributed by atoms with Gasteiger partial charge in [0.1, 0.15) is 35.2 Å². The van der Waals surface area contributed by atoms with E-state index in [-0.39, 0.29) is 34.3 Å². The summed E-state index contributed by atoms with van der Waals surface area (Å²) >= 11 is 0. The maximum atomic E-state index is 14.0. The Kier molecular flexibility index (Phi) is 8.86. The van der Waals surface area contributed by atoms with Gasteiger partial charge in [-0.1, -0.05) is 6.92 Å². The Bertz CT molecular complexity index is 1380. The lowest BCUT2D eigenvalue weighted by molar-refractivity contribution is -0.139. The zero-order valence-electron chi connectivity index (χ0n) is 23.6. The number of amides is 1. The third kappa shape index (κ3) is 6.77. The Labute approximate surface area is 236 Å². The van der Waals surface area contributed by atoms with Crippen LogP contribution in [0.5, 0.6) is 0 Å². The van der Waals surface area contributed by atoms with Crippen LogP contribution in [-0.2, 0) is 12.7 Å². The molecule has 2 aromatic heterocycles. The first-order valence-corrected chi connectivity index (χ1v) is 13.6. The van der Waals surface area contributed by atoms with E-state index in [2.05, 4.69) is 41.4 Å². The second-order valence-electron chi connectivity index (χ2n) is 10.8. The lowest BCUT2D eigenvalue weighted by Crippen LogP contribution is -2.40. The number of anilines is 2. The predicted molar refractivity (Wildman–Crippen MR) is 149 cm³/mol. The fourth-order valence-electron chi connectivity index (χ4n) is 4.94. The van der Waals surface area contributed by atoms with Crippen LogP contribution in [-0.4, -0.2) is 57.6 Å². The molecule has 0 aliphatic carbocycles. The summed E-state index contributed by atoms with van der Waals surface area (Å²) in [6.45, 7) is 8.61. The van der Waals surface area contributed by atoms with Crippen molar-refractivity contribution in [1.29, 1.82) is 0 Å². The normalized spacial score (nSPS) is 14.9. The first-order chi connectivity index (χ1) is 19.3. The van der Waals surface area contributed by atoms with Crippen molar-refractivity contribution in [1.82, 2.24) is 30.2 Å². The Hall–Kier alpha value is -3.74. The molecule has 0 atom stereocenters. The van der Waals surface area contributed by atoms with E-state index < -0.39 is 17.6 Å². The third-order valence-corrected chi connectivity index (χ3v) is 7.69. The van der Waals surface area contributed by atoms with Crippen LogP contribution in [0.25, 0.3) is 11.3 Å². The number of benzene rings is 1. The largest absolute Gasteiger partial charge is 0.419 e. The van der Waals surface area contributed by atoms with E-state index in [1.807, 2.05) is 9.47 Å². The molecule has 1 saturated heterocycles. The molecule has 0 unspecified atom stereocenters. The van der Waals surface area contributed by atoms with Crippen molar-refractivity contribution in [2.45, 2.75) is 64.2 Å². The topological polar surface area (TPSA) is 114 Å². The number of carbonyl (C=O) groups is 1. The Morgan fingerprint density at radius 3 is 2.51 bits per heavy atom. The molecule has 1 aliphatic heterocycles. The summed E-state index contributed by atoms with van der Waals surface area (Å²) < 4.78 is 56.2. The fourth-order valence-corrected chi connectivity index (χ4v) is 4.94. The summed E-state index contributed by atoms with van der Waals surface area (Å²) in [5, 5.41) is 6.08. The maximum absolute atomic E-state index is 14.0. The van der Waals surface area contributed by atoms with Crippen LogP contribution in [0.4, 0.5) is 29.2 Å². The molecule has 1 aromatic carbocycles. The molecule has 3 heterocycles. The van der Waals surface area contributed by atoms with Gasteiger partial charge in [-0.15, -0.1) is 0 Å². The monoisotopic (exact) mass is 576 g/mol. The van der Waals surface area contributed by atoms with Gasteiger partial charge in [0.2, 0.25) is 0 Å². The number of halogens is 4. The molecular weight excluding hydrogens is 540 g/mol. The van der Waals surface area contributed by atoms with Gasteiger partial charge in [-0.25, -0.2) is 19.3 Å². The summed E-state index contributed by atoms with van der Waals surface area (Å²) in [5.74, 6) is -0.388. The van der Waals surface area contributed by atoms with E-state index in [1.165, 1.54) is 19.4 Å². The number of carbonyl (C=O) groups excluding carboxylic acids is 1. The number of piperidine rings is 1. The van der Waals surface area contributed by atoms with Crippen molar-refractivity contribution in [3.05, 3.63) is 53.5 Å². The molecule has 0 bridgehead atoms. The van der Waals surface area contributed by atoms with E-state index in [0.29, 0.717) is 50.5 Å². The standard InChI is InChI=1S/C28H36F4N8O/c1-5-27(2,3)37-10-13-40-15-21(18-6-7-20(29)19(14-18)28(30,31)32)38-24(40)17-8-11-39(12-9-17)25-22(26(41)34-4)23(33)35-16-36-25/h6-7,14-17,37H,5,8-13H2,1-4H3,(H,34,41)(H2,33,35,36). The van der Waals surface area contributed by atoms with Crippen LogP contribution >= 0.6 is 0 Å². The highest BCUT2D eigenvalue weighted by Crippen LogP contribution is 2.36. The van der Waals surface area contributed by atoms with Crippen molar-refractivity contribution in [2.24, 2.45) is 0 Å². The molecule has 1 amide bonds. The number of nitrogens with one attached hydrogen (secondary N) is 2. The highest BCUT2D eigenvalue weighted by Gasteiger charge is 2.35. The number of hydrogen-bond donors (Lipinski definition) is 3. The highest BCUT2D eigenvalue weighted by atomic mass is 19.4. The van der Waals surface area contributed by atoms with E-state index in [0.717, 1.165) is 24.4 Å². The van der Waals surface area contributed by atoms with E-state index >= 15 is 0 Å². The van der Waals surface area contributed by atoms with E-state index in [4.69, 9.17) is 10.7 Å².